The minimum atomic E-state index is -0.963. The van der Waals surface area contributed by atoms with E-state index in [0.29, 0.717) is 23.6 Å². The van der Waals surface area contributed by atoms with Crippen LogP contribution in [-0.4, -0.2) is 23.9 Å². The number of carbonyl (C=O) groups is 2. The van der Waals surface area contributed by atoms with Crippen molar-refractivity contribution in [3.8, 4) is 11.5 Å². The Kier molecular flexibility index (Phi) is 7.59. The number of halogens is 2. The van der Waals surface area contributed by atoms with E-state index in [2.05, 4.69) is 0 Å². The van der Waals surface area contributed by atoms with E-state index in [-0.39, 0.29) is 26.9 Å². The molecule has 1 aliphatic heterocycles. The fourth-order valence-corrected chi connectivity index (χ4v) is 5.18. The van der Waals surface area contributed by atoms with Gasteiger partial charge in [-0.1, -0.05) is 83.9 Å². The summed E-state index contributed by atoms with van der Waals surface area (Å²) in [4.78, 5) is 28.3. The summed E-state index contributed by atoms with van der Waals surface area (Å²) in [5, 5.41) is 11.9. The van der Waals surface area contributed by atoms with E-state index in [9.17, 15) is 14.7 Å². The van der Waals surface area contributed by atoms with Crippen LogP contribution in [0.2, 0.25) is 10.0 Å². The number of hydrogen-bond acceptors (Lipinski definition) is 5. The summed E-state index contributed by atoms with van der Waals surface area (Å²) in [5.74, 6) is -1.42. The molecule has 1 atom stereocenters. The fourth-order valence-electron chi connectivity index (χ4n) is 4.61. The summed E-state index contributed by atoms with van der Waals surface area (Å²) < 4.78 is 11.4. The van der Waals surface area contributed by atoms with Gasteiger partial charge in [-0.3, -0.25) is 14.5 Å². The molecule has 1 saturated heterocycles. The van der Waals surface area contributed by atoms with Gasteiger partial charge in [-0.2, -0.15) is 0 Å². The van der Waals surface area contributed by atoms with Gasteiger partial charge >= 0.3 is 0 Å². The van der Waals surface area contributed by atoms with Crippen molar-refractivity contribution >= 4 is 46.3 Å². The van der Waals surface area contributed by atoms with E-state index in [0.717, 1.165) is 5.56 Å². The molecule has 4 aromatic carbocycles. The predicted octanol–water partition coefficient (Wildman–Crippen LogP) is 7.21. The van der Waals surface area contributed by atoms with Crippen LogP contribution in [0.4, 0.5) is 5.69 Å². The molecule has 1 unspecified atom stereocenters. The van der Waals surface area contributed by atoms with Crippen molar-refractivity contribution in [3.05, 3.63) is 129 Å². The van der Waals surface area contributed by atoms with Gasteiger partial charge in [0.05, 0.1) is 29.3 Å². The highest BCUT2D eigenvalue weighted by molar-refractivity contribution is 6.52. The molecule has 8 heteroatoms. The van der Waals surface area contributed by atoms with Gasteiger partial charge in [-0.05, 0) is 47.5 Å². The first-order valence-corrected chi connectivity index (χ1v) is 12.8. The van der Waals surface area contributed by atoms with Crippen LogP contribution in [0.15, 0.2) is 103 Å². The molecule has 196 valence electrons. The molecule has 4 aromatic rings. The topological polar surface area (TPSA) is 76.1 Å². The molecule has 0 spiro atoms. The van der Waals surface area contributed by atoms with Gasteiger partial charge in [0.25, 0.3) is 11.7 Å². The predicted molar refractivity (Wildman–Crippen MR) is 151 cm³/mol. The van der Waals surface area contributed by atoms with E-state index >= 15 is 0 Å². The van der Waals surface area contributed by atoms with Gasteiger partial charge in [0.15, 0.2) is 0 Å². The van der Waals surface area contributed by atoms with E-state index in [1.165, 1.54) is 24.1 Å². The Balaban J connectivity index is 1.66. The monoisotopic (exact) mass is 559 g/mol. The van der Waals surface area contributed by atoms with Crippen LogP contribution in [0.25, 0.3) is 5.76 Å². The summed E-state index contributed by atoms with van der Waals surface area (Å²) in [6.07, 6.45) is 0. The number of hydrogen-bond donors (Lipinski definition) is 1. The van der Waals surface area contributed by atoms with Crippen molar-refractivity contribution in [1.29, 1.82) is 0 Å². The number of anilines is 1. The van der Waals surface area contributed by atoms with Gasteiger partial charge in [-0.25, -0.2) is 0 Å². The lowest BCUT2D eigenvalue weighted by Gasteiger charge is -2.26. The number of rotatable bonds is 7. The zero-order valence-electron chi connectivity index (χ0n) is 20.8. The van der Waals surface area contributed by atoms with E-state index in [1.54, 1.807) is 48.5 Å². The average molecular weight is 560 g/mol. The third-order valence-electron chi connectivity index (χ3n) is 6.37. The molecule has 1 aliphatic rings. The average Bonchev–Trinajstić information content (AvgIpc) is 3.22. The van der Waals surface area contributed by atoms with E-state index in [4.69, 9.17) is 32.7 Å². The SMILES string of the molecule is COc1c(Cl)cc(Cl)cc1/C(O)=C1\C(=O)C(=O)N(c2ccccc2)C1c1cccc(OCc2ccccc2)c1. The van der Waals surface area contributed by atoms with Crippen molar-refractivity contribution in [3.63, 3.8) is 0 Å². The second-order valence-electron chi connectivity index (χ2n) is 8.82. The molecule has 0 saturated carbocycles. The number of benzene rings is 4. The molecule has 0 radical (unpaired) electrons. The van der Waals surface area contributed by atoms with Crippen LogP contribution >= 0.6 is 23.2 Å². The lowest BCUT2D eigenvalue weighted by Crippen LogP contribution is -2.29. The third-order valence-corrected chi connectivity index (χ3v) is 6.87. The van der Waals surface area contributed by atoms with E-state index in [1.807, 2.05) is 36.4 Å². The quantitative estimate of drug-likeness (QED) is 0.147. The zero-order valence-corrected chi connectivity index (χ0v) is 22.3. The first kappa shape index (κ1) is 26.4. The van der Waals surface area contributed by atoms with Crippen molar-refractivity contribution in [2.75, 3.05) is 12.0 Å². The van der Waals surface area contributed by atoms with Crippen LogP contribution in [0, 0.1) is 0 Å². The molecule has 1 fully saturated rings. The fraction of sp³-hybridized carbons (Fsp3) is 0.0968. The third kappa shape index (κ3) is 5.21. The standard InChI is InChI=1S/C31H23Cl2NO5/c1-38-30-24(16-21(32)17-25(30)33)28(35)26-27(34(31(37)29(26)36)22-12-6-3-7-13-22)20-11-8-14-23(15-20)39-18-19-9-4-2-5-10-19/h2-17,27,35H,18H2,1H3/b28-26+. The number of aliphatic hydroxyl groups is 1. The van der Waals surface area contributed by atoms with E-state index < -0.39 is 23.5 Å². The molecule has 39 heavy (non-hydrogen) atoms. The van der Waals surface area contributed by atoms with Crippen molar-refractivity contribution in [2.24, 2.45) is 0 Å². The summed E-state index contributed by atoms with van der Waals surface area (Å²) >= 11 is 12.5. The molecule has 0 bridgehead atoms. The maximum atomic E-state index is 13.5. The number of Topliss-reactive ketones (excluding diaryl/α,β-unsaturated/α-hetero) is 1. The Morgan fingerprint density at radius 1 is 0.897 bits per heavy atom. The summed E-state index contributed by atoms with van der Waals surface area (Å²) in [5.41, 5.74) is 2.03. The van der Waals surface area contributed by atoms with Crippen LogP contribution in [0.3, 0.4) is 0 Å². The molecule has 0 aromatic heterocycles. The molecule has 1 amide bonds. The maximum Gasteiger partial charge on any atom is 0.300 e. The number of carbonyl (C=O) groups excluding carboxylic acids is 2. The molecular formula is C31H23Cl2NO5. The Morgan fingerprint density at radius 2 is 1.59 bits per heavy atom. The van der Waals surface area contributed by atoms with Crippen LogP contribution in [0.1, 0.15) is 22.7 Å². The number of para-hydroxylation sites is 1. The summed E-state index contributed by atoms with van der Waals surface area (Å²) in [6, 6.07) is 27.5. The highest BCUT2D eigenvalue weighted by Crippen LogP contribution is 2.45. The van der Waals surface area contributed by atoms with Gasteiger partial charge < -0.3 is 14.6 Å². The minimum absolute atomic E-state index is 0.0996. The zero-order chi connectivity index (χ0) is 27.5. The minimum Gasteiger partial charge on any atom is -0.507 e. The second kappa shape index (κ2) is 11.2. The van der Waals surface area contributed by atoms with Gasteiger partial charge in [0.1, 0.15) is 23.9 Å². The number of ketones is 1. The first-order chi connectivity index (χ1) is 18.9. The molecule has 1 heterocycles. The normalized spacial score (nSPS) is 16.4. The molecule has 5 rings (SSSR count). The number of nitrogens with zero attached hydrogens (tertiary/aromatic N) is 1. The highest BCUT2D eigenvalue weighted by Gasteiger charge is 2.47. The lowest BCUT2D eigenvalue weighted by atomic mass is 9.94. The molecule has 1 N–H and O–H groups in total. The lowest BCUT2D eigenvalue weighted by molar-refractivity contribution is -0.132. The highest BCUT2D eigenvalue weighted by atomic mass is 35.5. The van der Waals surface area contributed by atoms with Crippen molar-refractivity contribution in [1.82, 2.24) is 0 Å². The van der Waals surface area contributed by atoms with Crippen LogP contribution in [-0.2, 0) is 16.2 Å². The Labute approximate surface area is 235 Å². The van der Waals surface area contributed by atoms with Gasteiger partial charge in [0.2, 0.25) is 0 Å². The number of ether oxygens (including phenoxy) is 2. The largest absolute Gasteiger partial charge is 0.507 e. The van der Waals surface area contributed by atoms with Gasteiger partial charge in [-0.15, -0.1) is 0 Å². The number of aliphatic hydroxyl groups excluding tert-OH is 1. The maximum absolute atomic E-state index is 13.5. The van der Waals surface area contributed by atoms with Crippen LogP contribution in [0.5, 0.6) is 11.5 Å². The Morgan fingerprint density at radius 3 is 2.28 bits per heavy atom. The van der Waals surface area contributed by atoms with Crippen molar-refractivity contribution in [2.45, 2.75) is 12.6 Å². The number of amides is 1. The summed E-state index contributed by atoms with van der Waals surface area (Å²) in [6.45, 7) is 0.335. The van der Waals surface area contributed by atoms with Gasteiger partial charge in [0, 0.05) is 10.7 Å². The second-order valence-corrected chi connectivity index (χ2v) is 9.66. The molecule has 0 aliphatic carbocycles. The smallest absolute Gasteiger partial charge is 0.300 e. The Hall–Kier alpha value is -4.26. The number of methoxy groups -OCH3 is 1. The molecule has 6 nitrogen and oxygen atoms in total. The molecular weight excluding hydrogens is 537 g/mol. The Bertz CT molecular complexity index is 1570. The van der Waals surface area contributed by atoms with Crippen LogP contribution < -0.4 is 14.4 Å². The summed E-state index contributed by atoms with van der Waals surface area (Å²) in [7, 11) is 1.39. The van der Waals surface area contributed by atoms with Crippen molar-refractivity contribution < 1.29 is 24.2 Å². The first-order valence-electron chi connectivity index (χ1n) is 12.0.